The molecule has 2 saturated heterocycles. The van der Waals surface area contributed by atoms with Crippen molar-refractivity contribution in [2.45, 2.75) is 18.9 Å². The van der Waals surface area contributed by atoms with Gasteiger partial charge in [0, 0.05) is 46.1 Å². The fraction of sp³-hybridized carbons (Fsp3) is 0.625. The largest absolute Gasteiger partial charge is 0.477 e. The highest BCUT2D eigenvalue weighted by molar-refractivity contribution is 5.74. The second-order valence-corrected chi connectivity index (χ2v) is 6.32. The lowest BCUT2D eigenvalue weighted by atomic mass is 9.77. The van der Waals surface area contributed by atoms with Crippen LogP contribution in [0.15, 0.2) is 24.4 Å². The van der Waals surface area contributed by atoms with Gasteiger partial charge < -0.3 is 19.3 Å². The summed E-state index contributed by atoms with van der Waals surface area (Å²) < 4.78 is 11.8. The van der Waals surface area contributed by atoms with Crippen LogP contribution in [0.25, 0.3) is 0 Å². The minimum absolute atomic E-state index is 0.0579. The van der Waals surface area contributed by atoms with Gasteiger partial charge >= 0.3 is 6.03 Å². The number of urea groups is 1. The van der Waals surface area contributed by atoms with Gasteiger partial charge in [0.05, 0.1) is 18.1 Å². The number of amides is 2. The molecule has 0 bridgehead atoms. The van der Waals surface area contributed by atoms with Crippen molar-refractivity contribution in [3.05, 3.63) is 24.4 Å². The maximum atomic E-state index is 12.3. The Morgan fingerprint density at radius 2 is 2.41 bits per heavy atom. The van der Waals surface area contributed by atoms with E-state index < -0.39 is 0 Å². The Kier molecular flexibility index (Phi) is 4.20. The van der Waals surface area contributed by atoms with E-state index in [1.807, 2.05) is 23.1 Å². The summed E-state index contributed by atoms with van der Waals surface area (Å²) in [6, 6.07) is 5.69. The van der Waals surface area contributed by atoms with Crippen LogP contribution in [0.1, 0.15) is 12.8 Å². The van der Waals surface area contributed by atoms with Crippen LogP contribution in [-0.2, 0) is 4.74 Å². The molecule has 1 aromatic heterocycles. The van der Waals surface area contributed by atoms with Crippen molar-refractivity contribution in [1.29, 1.82) is 0 Å². The van der Waals surface area contributed by atoms with E-state index >= 15 is 0 Å². The van der Waals surface area contributed by atoms with Crippen molar-refractivity contribution in [3.8, 4) is 5.88 Å². The summed E-state index contributed by atoms with van der Waals surface area (Å²) in [7, 11) is 3.58. The Morgan fingerprint density at radius 1 is 1.55 bits per heavy atom. The molecule has 0 N–H and O–H groups in total. The number of rotatable bonds is 3. The molecule has 3 rings (SSSR count). The van der Waals surface area contributed by atoms with E-state index in [0.717, 1.165) is 26.0 Å². The molecule has 0 unspecified atom stereocenters. The van der Waals surface area contributed by atoms with Crippen molar-refractivity contribution in [2.24, 2.45) is 5.41 Å². The monoisotopic (exact) mass is 305 g/mol. The topological polar surface area (TPSA) is 54.9 Å². The Bertz CT molecular complexity index is 523. The molecule has 2 atom stereocenters. The van der Waals surface area contributed by atoms with Crippen LogP contribution in [0.3, 0.4) is 0 Å². The normalized spacial score (nSPS) is 27.4. The highest BCUT2D eigenvalue weighted by Gasteiger charge is 2.49. The first-order valence-corrected chi connectivity index (χ1v) is 7.72. The van der Waals surface area contributed by atoms with Gasteiger partial charge in [-0.1, -0.05) is 6.07 Å². The summed E-state index contributed by atoms with van der Waals surface area (Å²) >= 11 is 0. The molecule has 6 heteroatoms. The van der Waals surface area contributed by atoms with Crippen LogP contribution in [-0.4, -0.2) is 67.3 Å². The number of hydrogen-bond acceptors (Lipinski definition) is 4. The SMILES string of the molecule is CN(C)C(=O)N1CC[C@H]2OCC[C@@]2(COc2ccccn2)C1. The van der Waals surface area contributed by atoms with Gasteiger partial charge in [-0.3, -0.25) is 0 Å². The summed E-state index contributed by atoms with van der Waals surface area (Å²) in [4.78, 5) is 20.0. The van der Waals surface area contributed by atoms with E-state index in [1.54, 1.807) is 25.2 Å². The molecular weight excluding hydrogens is 282 g/mol. The highest BCUT2D eigenvalue weighted by atomic mass is 16.5. The number of piperidine rings is 1. The van der Waals surface area contributed by atoms with Crippen LogP contribution in [0.2, 0.25) is 0 Å². The molecule has 0 spiro atoms. The van der Waals surface area contributed by atoms with E-state index in [4.69, 9.17) is 9.47 Å². The third-order valence-corrected chi connectivity index (χ3v) is 4.57. The molecule has 0 aromatic carbocycles. The Hall–Kier alpha value is -1.82. The van der Waals surface area contributed by atoms with Crippen molar-refractivity contribution in [1.82, 2.24) is 14.8 Å². The van der Waals surface area contributed by atoms with E-state index in [1.165, 1.54) is 0 Å². The summed E-state index contributed by atoms with van der Waals surface area (Å²) in [5, 5.41) is 0. The van der Waals surface area contributed by atoms with Gasteiger partial charge in [0.15, 0.2) is 0 Å². The second kappa shape index (κ2) is 6.12. The van der Waals surface area contributed by atoms with Gasteiger partial charge in [-0.15, -0.1) is 0 Å². The predicted octanol–water partition coefficient (Wildman–Crippen LogP) is 1.62. The molecule has 0 saturated carbocycles. The molecule has 2 amide bonds. The molecule has 0 aliphatic carbocycles. The summed E-state index contributed by atoms with van der Waals surface area (Å²) in [6.45, 7) is 2.70. The van der Waals surface area contributed by atoms with Gasteiger partial charge in [0.1, 0.15) is 0 Å². The Balaban J connectivity index is 1.71. The van der Waals surface area contributed by atoms with E-state index in [9.17, 15) is 4.79 Å². The van der Waals surface area contributed by atoms with Crippen LogP contribution >= 0.6 is 0 Å². The zero-order chi connectivity index (χ0) is 15.6. The molecular formula is C16H23N3O3. The van der Waals surface area contributed by atoms with E-state index in [2.05, 4.69) is 4.98 Å². The standard InChI is InChI=1S/C16H23N3O3/c1-18(2)15(20)19-9-6-13-16(11-19,7-10-21-13)12-22-14-5-3-4-8-17-14/h3-5,8,13H,6-7,9-12H2,1-2H3/t13-,16+/m1/s1. The van der Waals surface area contributed by atoms with Gasteiger partial charge in [-0.05, 0) is 18.9 Å². The third-order valence-electron chi connectivity index (χ3n) is 4.57. The predicted molar refractivity (Wildman–Crippen MR) is 81.8 cm³/mol. The molecule has 2 fully saturated rings. The summed E-state index contributed by atoms with van der Waals surface area (Å²) in [6.07, 6.45) is 3.67. The number of carbonyl (C=O) groups excluding carboxylic acids is 1. The first kappa shape index (κ1) is 15.1. The third kappa shape index (κ3) is 2.88. The molecule has 22 heavy (non-hydrogen) atoms. The molecule has 6 nitrogen and oxygen atoms in total. The lowest BCUT2D eigenvalue weighted by Crippen LogP contribution is -2.55. The number of nitrogens with zero attached hydrogens (tertiary/aromatic N) is 3. The number of likely N-dealkylation sites (tertiary alicyclic amines) is 1. The summed E-state index contributed by atoms with van der Waals surface area (Å²) in [5.41, 5.74) is -0.124. The van der Waals surface area contributed by atoms with E-state index in [0.29, 0.717) is 19.0 Å². The fourth-order valence-corrected chi connectivity index (χ4v) is 3.35. The zero-order valence-corrected chi connectivity index (χ0v) is 13.2. The average molecular weight is 305 g/mol. The average Bonchev–Trinajstić information content (AvgIpc) is 2.96. The number of aromatic nitrogens is 1. The minimum Gasteiger partial charge on any atom is -0.477 e. The first-order chi connectivity index (χ1) is 10.6. The van der Waals surface area contributed by atoms with Gasteiger partial charge in [0.25, 0.3) is 0 Å². The van der Waals surface area contributed by atoms with Crippen LogP contribution in [0.4, 0.5) is 4.79 Å². The van der Waals surface area contributed by atoms with Crippen molar-refractivity contribution in [2.75, 3.05) is 40.4 Å². The number of fused-ring (bicyclic) bond motifs is 1. The lowest BCUT2D eigenvalue weighted by molar-refractivity contribution is -0.0309. The van der Waals surface area contributed by atoms with Crippen LogP contribution in [0.5, 0.6) is 5.88 Å². The van der Waals surface area contributed by atoms with Crippen LogP contribution < -0.4 is 4.74 Å². The number of carbonyl (C=O) groups is 1. The summed E-state index contributed by atoms with van der Waals surface area (Å²) in [5.74, 6) is 0.624. The lowest BCUT2D eigenvalue weighted by Gasteiger charge is -2.43. The fourth-order valence-electron chi connectivity index (χ4n) is 3.35. The maximum absolute atomic E-state index is 12.3. The maximum Gasteiger partial charge on any atom is 0.319 e. The first-order valence-electron chi connectivity index (χ1n) is 7.72. The number of hydrogen-bond donors (Lipinski definition) is 0. The smallest absolute Gasteiger partial charge is 0.319 e. The molecule has 1 aromatic rings. The molecule has 3 heterocycles. The second-order valence-electron chi connectivity index (χ2n) is 6.32. The quantitative estimate of drug-likeness (QED) is 0.851. The Morgan fingerprint density at radius 3 is 3.14 bits per heavy atom. The van der Waals surface area contributed by atoms with E-state index in [-0.39, 0.29) is 17.6 Å². The zero-order valence-electron chi connectivity index (χ0n) is 13.2. The minimum atomic E-state index is -0.124. The molecule has 2 aliphatic rings. The molecule has 120 valence electrons. The van der Waals surface area contributed by atoms with Gasteiger partial charge in [-0.2, -0.15) is 0 Å². The van der Waals surface area contributed by atoms with Gasteiger partial charge in [-0.25, -0.2) is 9.78 Å². The van der Waals surface area contributed by atoms with Crippen molar-refractivity contribution >= 4 is 6.03 Å². The van der Waals surface area contributed by atoms with Crippen LogP contribution in [0, 0.1) is 5.41 Å². The Labute approximate surface area is 131 Å². The van der Waals surface area contributed by atoms with Gasteiger partial charge in [0.2, 0.25) is 5.88 Å². The molecule has 0 radical (unpaired) electrons. The number of ether oxygens (including phenoxy) is 2. The van der Waals surface area contributed by atoms with Crippen molar-refractivity contribution < 1.29 is 14.3 Å². The highest BCUT2D eigenvalue weighted by Crippen LogP contribution is 2.41. The van der Waals surface area contributed by atoms with Crippen molar-refractivity contribution in [3.63, 3.8) is 0 Å². The molecule has 2 aliphatic heterocycles. The number of pyridine rings is 1.